The van der Waals surface area contributed by atoms with Crippen molar-refractivity contribution in [2.24, 2.45) is 0 Å². The predicted molar refractivity (Wildman–Crippen MR) is 90.9 cm³/mol. The number of anilines is 1. The lowest BCUT2D eigenvalue weighted by atomic mass is 10.1. The number of nitrogens with one attached hydrogen (secondary N) is 1. The highest BCUT2D eigenvalue weighted by Crippen LogP contribution is 2.22. The van der Waals surface area contributed by atoms with Crippen LogP contribution in [0.1, 0.15) is 37.6 Å². The van der Waals surface area contributed by atoms with Gasteiger partial charge in [-0.1, -0.05) is 31.5 Å². The quantitative estimate of drug-likeness (QED) is 0.702. The lowest BCUT2D eigenvalue weighted by molar-refractivity contribution is 0.721. The van der Waals surface area contributed by atoms with Crippen molar-refractivity contribution in [3.8, 4) is 0 Å². The average molecular weight is 331 g/mol. The van der Waals surface area contributed by atoms with Gasteiger partial charge in [0, 0.05) is 30.9 Å². The van der Waals surface area contributed by atoms with Crippen LogP contribution < -0.4 is 5.32 Å². The third-order valence-corrected chi connectivity index (χ3v) is 3.75. The van der Waals surface area contributed by atoms with Gasteiger partial charge in [-0.2, -0.15) is 9.61 Å². The number of hydrogen-bond donors (Lipinski definition) is 1. The van der Waals surface area contributed by atoms with Crippen molar-refractivity contribution in [2.75, 3.05) is 11.9 Å². The Morgan fingerprint density at radius 2 is 2.17 bits per heavy atom. The number of aryl methyl sites for hydroxylation is 1. The standard InChI is InChI=1S/C16H19ClN6/c1-11(2)15-20-21-16-13(9-14(17)22-23(15)16)19-8-4-6-12-5-3-7-18-10-12/h3,5,7,9-11,19H,4,6,8H2,1-2H3. The number of fused-ring (bicyclic) bond motifs is 1. The molecule has 0 saturated carbocycles. The molecule has 0 atom stereocenters. The van der Waals surface area contributed by atoms with E-state index in [0.29, 0.717) is 10.8 Å². The molecule has 0 amide bonds. The van der Waals surface area contributed by atoms with E-state index in [9.17, 15) is 0 Å². The maximum absolute atomic E-state index is 6.13. The number of hydrogen-bond acceptors (Lipinski definition) is 5. The summed E-state index contributed by atoms with van der Waals surface area (Å²) in [6.07, 6.45) is 5.65. The molecule has 0 unspecified atom stereocenters. The van der Waals surface area contributed by atoms with Gasteiger partial charge in [0.2, 0.25) is 5.65 Å². The Balaban J connectivity index is 1.70. The van der Waals surface area contributed by atoms with Gasteiger partial charge in [0.25, 0.3) is 0 Å². The molecular weight excluding hydrogens is 312 g/mol. The fourth-order valence-corrected chi connectivity index (χ4v) is 2.60. The van der Waals surface area contributed by atoms with Crippen LogP contribution in [0.25, 0.3) is 5.65 Å². The van der Waals surface area contributed by atoms with Crippen molar-refractivity contribution >= 4 is 22.9 Å². The van der Waals surface area contributed by atoms with Crippen LogP contribution >= 0.6 is 11.6 Å². The number of nitrogens with zero attached hydrogens (tertiary/aromatic N) is 5. The SMILES string of the molecule is CC(C)c1nnc2c(NCCCc3cccnc3)cc(Cl)nn12. The van der Waals surface area contributed by atoms with Gasteiger partial charge in [-0.15, -0.1) is 10.2 Å². The fourth-order valence-electron chi connectivity index (χ4n) is 2.42. The molecule has 120 valence electrons. The molecule has 1 N–H and O–H groups in total. The second-order valence-electron chi connectivity index (χ2n) is 5.72. The molecule has 0 spiro atoms. The van der Waals surface area contributed by atoms with Gasteiger partial charge in [0.15, 0.2) is 11.0 Å². The summed E-state index contributed by atoms with van der Waals surface area (Å²) in [4.78, 5) is 4.13. The van der Waals surface area contributed by atoms with Gasteiger partial charge in [-0.25, -0.2) is 0 Å². The van der Waals surface area contributed by atoms with Gasteiger partial charge in [-0.3, -0.25) is 4.98 Å². The molecule has 3 rings (SSSR count). The van der Waals surface area contributed by atoms with Gasteiger partial charge in [-0.05, 0) is 24.5 Å². The Labute approximate surface area is 139 Å². The first-order valence-electron chi connectivity index (χ1n) is 7.70. The zero-order chi connectivity index (χ0) is 16.2. The first-order chi connectivity index (χ1) is 11.1. The van der Waals surface area contributed by atoms with E-state index < -0.39 is 0 Å². The molecule has 0 bridgehead atoms. The summed E-state index contributed by atoms with van der Waals surface area (Å²) in [6.45, 7) is 4.93. The number of rotatable bonds is 6. The zero-order valence-electron chi connectivity index (χ0n) is 13.2. The lowest BCUT2D eigenvalue weighted by Gasteiger charge is -2.09. The van der Waals surface area contributed by atoms with E-state index in [-0.39, 0.29) is 5.92 Å². The summed E-state index contributed by atoms with van der Waals surface area (Å²) >= 11 is 6.13. The Morgan fingerprint density at radius 1 is 1.30 bits per heavy atom. The zero-order valence-corrected chi connectivity index (χ0v) is 14.0. The lowest BCUT2D eigenvalue weighted by Crippen LogP contribution is -2.07. The minimum absolute atomic E-state index is 0.231. The summed E-state index contributed by atoms with van der Waals surface area (Å²) < 4.78 is 1.72. The number of aromatic nitrogens is 5. The van der Waals surface area contributed by atoms with Crippen molar-refractivity contribution in [3.63, 3.8) is 0 Å². The monoisotopic (exact) mass is 330 g/mol. The number of halogens is 1. The predicted octanol–water partition coefficient (Wildman–Crippen LogP) is 3.34. The van der Waals surface area contributed by atoms with Crippen molar-refractivity contribution in [2.45, 2.75) is 32.6 Å². The van der Waals surface area contributed by atoms with Crippen molar-refractivity contribution in [3.05, 3.63) is 47.1 Å². The Hall–Kier alpha value is -2.21. The first-order valence-corrected chi connectivity index (χ1v) is 8.07. The number of pyridine rings is 1. The Morgan fingerprint density at radius 3 is 2.91 bits per heavy atom. The average Bonchev–Trinajstić information content (AvgIpc) is 2.96. The van der Waals surface area contributed by atoms with E-state index >= 15 is 0 Å². The third-order valence-electron chi connectivity index (χ3n) is 3.56. The van der Waals surface area contributed by atoms with Crippen LogP contribution in [-0.4, -0.2) is 31.3 Å². The fraction of sp³-hybridized carbons (Fsp3) is 0.375. The second-order valence-corrected chi connectivity index (χ2v) is 6.11. The van der Waals surface area contributed by atoms with Crippen molar-refractivity contribution in [1.82, 2.24) is 24.8 Å². The molecule has 3 heterocycles. The summed E-state index contributed by atoms with van der Waals surface area (Å²) in [5.41, 5.74) is 2.80. The molecule has 23 heavy (non-hydrogen) atoms. The maximum Gasteiger partial charge on any atom is 0.201 e. The van der Waals surface area contributed by atoms with E-state index in [4.69, 9.17) is 11.6 Å². The summed E-state index contributed by atoms with van der Waals surface area (Å²) in [6, 6.07) is 5.83. The third kappa shape index (κ3) is 3.59. The van der Waals surface area contributed by atoms with Crippen LogP contribution in [-0.2, 0) is 6.42 Å². The van der Waals surface area contributed by atoms with Gasteiger partial charge < -0.3 is 5.32 Å². The highest BCUT2D eigenvalue weighted by molar-refractivity contribution is 6.29. The highest BCUT2D eigenvalue weighted by atomic mass is 35.5. The minimum Gasteiger partial charge on any atom is -0.382 e. The van der Waals surface area contributed by atoms with Crippen LogP contribution in [0, 0.1) is 0 Å². The Kier molecular flexibility index (Phi) is 4.71. The molecular formula is C16H19ClN6. The summed E-state index contributed by atoms with van der Waals surface area (Å²) in [5.74, 6) is 1.04. The van der Waals surface area contributed by atoms with E-state index in [0.717, 1.165) is 30.9 Å². The molecule has 0 aliphatic rings. The van der Waals surface area contributed by atoms with Crippen LogP contribution in [0.4, 0.5) is 5.69 Å². The normalized spacial score (nSPS) is 11.3. The Bertz CT molecular complexity index is 784. The minimum atomic E-state index is 0.231. The molecule has 0 saturated heterocycles. The first kappa shape index (κ1) is 15.7. The van der Waals surface area contributed by atoms with E-state index in [1.54, 1.807) is 16.8 Å². The molecule has 0 aliphatic carbocycles. The van der Waals surface area contributed by atoms with E-state index in [2.05, 4.69) is 45.5 Å². The van der Waals surface area contributed by atoms with Crippen LogP contribution in [0.3, 0.4) is 0 Å². The molecule has 7 heteroatoms. The molecule has 3 aromatic rings. The van der Waals surface area contributed by atoms with Crippen LogP contribution in [0.5, 0.6) is 0 Å². The van der Waals surface area contributed by atoms with Crippen LogP contribution in [0.2, 0.25) is 5.15 Å². The molecule has 0 fully saturated rings. The van der Waals surface area contributed by atoms with Gasteiger partial charge >= 0.3 is 0 Å². The van der Waals surface area contributed by atoms with Crippen molar-refractivity contribution in [1.29, 1.82) is 0 Å². The molecule has 3 aromatic heterocycles. The second kappa shape index (κ2) is 6.91. The topological polar surface area (TPSA) is 68.0 Å². The van der Waals surface area contributed by atoms with Gasteiger partial charge in [0.1, 0.15) is 0 Å². The summed E-state index contributed by atoms with van der Waals surface area (Å²) in [7, 11) is 0. The largest absolute Gasteiger partial charge is 0.382 e. The summed E-state index contributed by atoms with van der Waals surface area (Å²) in [5, 5.41) is 16.6. The van der Waals surface area contributed by atoms with Crippen LogP contribution in [0.15, 0.2) is 30.6 Å². The smallest absolute Gasteiger partial charge is 0.201 e. The highest BCUT2D eigenvalue weighted by Gasteiger charge is 2.14. The van der Waals surface area contributed by atoms with E-state index in [1.807, 2.05) is 12.3 Å². The van der Waals surface area contributed by atoms with Gasteiger partial charge in [0.05, 0.1) is 5.69 Å². The molecule has 0 radical (unpaired) electrons. The van der Waals surface area contributed by atoms with Crippen molar-refractivity contribution < 1.29 is 0 Å². The molecule has 0 aromatic carbocycles. The van der Waals surface area contributed by atoms with E-state index in [1.165, 1.54) is 5.56 Å². The molecule has 6 nitrogen and oxygen atoms in total. The molecule has 0 aliphatic heterocycles. The maximum atomic E-state index is 6.13.